The quantitative estimate of drug-likeness (QED) is 0.305. The van der Waals surface area contributed by atoms with Gasteiger partial charge in [0.15, 0.2) is 11.9 Å². The molecule has 6 rings (SSSR count). The molecule has 37 heavy (non-hydrogen) atoms. The molecular weight excluding hydrogens is 500 g/mol. The van der Waals surface area contributed by atoms with Crippen molar-refractivity contribution in [1.29, 1.82) is 0 Å². The van der Waals surface area contributed by atoms with E-state index in [1.54, 1.807) is 47.4 Å². The Morgan fingerprint density at radius 2 is 2.16 bits per heavy atom. The van der Waals surface area contributed by atoms with Gasteiger partial charge in [0.05, 0.1) is 41.6 Å². The Kier molecular flexibility index (Phi) is 5.55. The van der Waals surface area contributed by atoms with Crippen LogP contribution < -0.4 is 20.9 Å². The number of carbonyl (C=O) groups is 1. The van der Waals surface area contributed by atoms with E-state index in [9.17, 15) is 14.7 Å². The van der Waals surface area contributed by atoms with Crippen molar-refractivity contribution < 1.29 is 19.4 Å². The molecule has 1 aliphatic rings. The molecule has 5 heterocycles. The lowest BCUT2D eigenvalue weighted by Crippen LogP contribution is -2.50. The predicted molar refractivity (Wildman–Crippen MR) is 135 cm³/mol. The minimum Gasteiger partial charge on any atom is -0.481 e. The number of H-pyrrole nitrogens is 1. The van der Waals surface area contributed by atoms with Crippen molar-refractivity contribution in [3.8, 4) is 11.6 Å². The minimum absolute atomic E-state index is 0.0797. The fourth-order valence-corrected chi connectivity index (χ4v) is 5.11. The number of hydrogen-bond acceptors (Lipinski definition) is 11. The third-order valence-electron chi connectivity index (χ3n) is 6.09. The SMILES string of the molecule is COc1cc(-n2ccc(N3CCO[C@H](C(O)c4nc5ccc6c(N)nsc6c5c(=O)[nH]4)C3=O)n2)ccn1. The summed E-state index contributed by atoms with van der Waals surface area (Å²) >= 11 is 1.10. The number of carbonyl (C=O) groups excluding carboxylic acids is 1. The average molecular weight is 521 g/mol. The van der Waals surface area contributed by atoms with Crippen LogP contribution in [-0.4, -0.2) is 66.5 Å². The molecule has 13 nitrogen and oxygen atoms in total. The van der Waals surface area contributed by atoms with E-state index in [4.69, 9.17) is 15.2 Å². The number of aromatic amines is 1. The van der Waals surface area contributed by atoms with Gasteiger partial charge in [0.1, 0.15) is 17.7 Å². The molecule has 2 atom stereocenters. The molecule has 0 radical (unpaired) electrons. The molecule has 4 aromatic heterocycles. The Hall–Kier alpha value is -4.40. The second-order valence-corrected chi connectivity index (χ2v) is 9.03. The van der Waals surface area contributed by atoms with Gasteiger partial charge in [-0.1, -0.05) is 0 Å². The van der Waals surface area contributed by atoms with Gasteiger partial charge >= 0.3 is 0 Å². The lowest BCUT2D eigenvalue weighted by molar-refractivity contribution is -0.143. The Labute approximate surface area is 212 Å². The zero-order chi connectivity index (χ0) is 25.7. The van der Waals surface area contributed by atoms with Crippen LogP contribution in [0.15, 0.2) is 47.5 Å². The molecule has 0 bridgehead atoms. The number of ether oxygens (including phenoxy) is 2. The Morgan fingerprint density at radius 1 is 1.30 bits per heavy atom. The number of methoxy groups -OCH3 is 1. The first-order valence-corrected chi connectivity index (χ1v) is 12.0. The van der Waals surface area contributed by atoms with Crippen LogP contribution in [-0.2, 0) is 9.53 Å². The average Bonchev–Trinajstić information content (AvgIpc) is 3.55. The van der Waals surface area contributed by atoms with Crippen LogP contribution >= 0.6 is 11.5 Å². The van der Waals surface area contributed by atoms with Gasteiger partial charge in [-0.2, -0.15) is 4.37 Å². The number of morpholine rings is 1. The molecule has 0 aliphatic carbocycles. The normalized spacial score (nSPS) is 17.0. The maximum Gasteiger partial charge on any atom is 0.260 e. The van der Waals surface area contributed by atoms with Crippen LogP contribution in [0.4, 0.5) is 11.6 Å². The number of hydrogen-bond donors (Lipinski definition) is 3. The Balaban J connectivity index is 1.29. The number of anilines is 2. The van der Waals surface area contributed by atoms with Crippen LogP contribution in [0.5, 0.6) is 5.88 Å². The summed E-state index contributed by atoms with van der Waals surface area (Å²) in [5.41, 5.74) is 6.44. The summed E-state index contributed by atoms with van der Waals surface area (Å²) in [5, 5.41) is 16.5. The third-order valence-corrected chi connectivity index (χ3v) is 6.98. The highest BCUT2D eigenvalue weighted by atomic mass is 32.1. The number of nitrogens with two attached hydrogens (primary N) is 1. The number of benzene rings is 1. The lowest BCUT2D eigenvalue weighted by Gasteiger charge is -2.32. The topological polar surface area (TPSA) is 174 Å². The summed E-state index contributed by atoms with van der Waals surface area (Å²) < 4.78 is 17.1. The van der Waals surface area contributed by atoms with Gasteiger partial charge in [0.2, 0.25) is 5.88 Å². The number of fused-ring (bicyclic) bond motifs is 3. The zero-order valence-electron chi connectivity index (χ0n) is 19.4. The largest absolute Gasteiger partial charge is 0.481 e. The summed E-state index contributed by atoms with van der Waals surface area (Å²) in [6, 6.07) is 8.49. The summed E-state index contributed by atoms with van der Waals surface area (Å²) in [6.07, 6.45) is 0.492. The zero-order valence-corrected chi connectivity index (χ0v) is 20.2. The van der Waals surface area contributed by atoms with Gasteiger partial charge in [0.25, 0.3) is 11.5 Å². The molecule has 1 saturated heterocycles. The van der Waals surface area contributed by atoms with Crippen LogP contribution in [0.2, 0.25) is 0 Å². The van der Waals surface area contributed by atoms with Crippen molar-refractivity contribution in [3.05, 3.63) is 58.9 Å². The van der Waals surface area contributed by atoms with E-state index < -0.39 is 23.7 Å². The summed E-state index contributed by atoms with van der Waals surface area (Å²) in [4.78, 5) is 38.8. The minimum atomic E-state index is -1.51. The van der Waals surface area contributed by atoms with Crippen molar-refractivity contribution in [3.63, 3.8) is 0 Å². The molecule has 1 unspecified atom stereocenters. The molecule has 1 fully saturated rings. The fourth-order valence-electron chi connectivity index (χ4n) is 4.26. The van der Waals surface area contributed by atoms with Crippen LogP contribution in [0.3, 0.4) is 0 Å². The predicted octanol–water partition coefficient (Wildman–Crippen LogP) is 1.17. The highest BCUT2D eigenvalue weighted by Crippen LogP contribution is 2.30. The fraction of sp³-hybridized carbons (Fsp3) is 0.217. The molecule has 1 aromatic carbocycles. The molecule has 1 aliphatic heterocycles. The standard InChI is InChI=1S/C23H20N8O5S/c1-35-15-10-11(4-6-25-15)31-7-5-14(28-31)30-8-9-36-18(23(30)34)17(32)21-26-13-3-2-12-19(37-29-20(12)24)16(13)22(33)27-21/h2-7,10,17-18,32H,8-9H2,1H3,(H2,24,29)(H,26,27,33)/t17?,18-/m1/s1. The third kappa shape index (κ3) is 3.87. The number of aliphatic hydroxyl groups excluding tert-OH is 1. The van der Waals surface area contributed by atoms with E-state index in [1.807, 2.05) is 0 Å². The van der Waals surface area contributed by atoms with Crippen molar-refractivity contribution in [2.24, 2.45) is 0 Å². The Bertz CT molecular complexity index is 1710. The van der Waals surface area contributed by atoms with Gasteiger partial charge in [-0.05, 0) is 29.7 Å². The monoisotopic (exact) mass is 520 g/mol. The van der Waals surface area contributed by atoms with Gasteiger partial charge in [-0.3, -0.25) is 14.5 Å². The highest BCUT2D eigenvalue weighted by Gasteiger charge is 2.38. The van der Waals surface area contributed by atoms with Crippen LogP contribution in [0, 0.1) is 0 Å². The lowest BCUT2D eigenvalue weighted by atomic mass is 10.1. The highest BCUT2D eigenvalue weighted by molar-refractivity contribution is 7.14. The van der Waals surface area contributed by atoms with Gasteiger partial charge in [0, 0.05) is 29.9 Å². The number of nitrogen functional groups attached to an aromatic ring is 1. The first kappa shape index (κ1) is 23.0. The van der Waals surface area contributed by atoms with Crippen LogP contribution in [0.1, 0.15) is 11.9 Å². The molecular formula is C23H20N8O5S. The van der Waals surface area contributed by atoms with Crippen molar-refractivity contribution in [2.45, 2.75) is 12.2 Å². The van der Waals surface area contributed by atoms with Gasteiger partial charge in [-0.25, -0.2) is 14.6 Å². The van der Waals surface area contributed by atoms with E-state index in [1.165, 1.54) is 12.0 Å². The van der Waals surface area contributed by atoms with Crippen molar-refractivity contribution in [1.82, 2.24) is 29.1 Å². The summed E-state index contributed by atoms with van der Waals surface area (Å²) in [7, 11) is 1.52. The number of rotatable bonds is 5. The number of pyridine rings is 1. The number of nitrogens with zero attached hydrogens (tertiary/aromatic N) is 6. The van der Waals surface area contributed by atoms with Crippen molar-refractivity contribution in [2.75, 3.05) is 30.9 Å². The number of aromatic nitrogens is 6. The maximum absolute atomic E-state index is 13.3. The van der Waals surface area contributed by atoms with E-state index in [-0.39, 0.29) is 19.0 Å². The van der Waals surface area contributed by atoms with E-state index in [0.717, 1.165) is 11.5 Å². The summed E-state index contributed by atoms with van der Waals surface area (Å²) in [5.74, 6) is 0.550. The molecule has 1 amide bonds. The number of amides is 1. The van der Waals surface area contributed by atoms with Gasteiger partial charge in [-0.15, -0.1) is 5.10 Å². The maximum atomic E-state index is 13.3. The molecule has 188 valence electrons. The van der Waals surface area contributed by atoms with Crippen molar-refractivity contribution >= 4 is 50.1 Å². The Morgan fingerprint density at radius 3 is 3.00 bits per heavy atom. The molecule has 5 aromatic rings. The van der Waals surface area contributed by atoms with Crippen LogP contribution in [0.25, 0.3) is 26.7 Å². The molecule has 4 N–H and O–H groups in total. The molecule has 14 heteroatoms. The smallest absolute Gasteiger partial charge is 0.260 e. The first-order valence-electron chi connectivity index (χ1n) is 11.2. The van der Waals surface area contributed by atoms with E-state index in [0.29, 0.717) is 44.2 Å². The van der Waals surface area contributed by atoms with E-state index in [2.05, 4.69) is 24.4 Å². The second kappa shape index (κ2) is 8.92. The summed E-state index contributed by atoms with van der Waals surface area (Å²) in [6.45, 7) is 0.396. The molecule has 0 saturated carbocycles. The van der Waals surface area contributed by atoms with Gasteiger partial charge < -0.3 is 25.3 Å². The second-order valence-electron chi connectivity index (χ2n) is 8.26. The van der Waals surface area contributed by atoms with E-state index >= 15 is 0 Å². The number of aliphatic hydroxyl groups is 1. The number of nitrogens with one attached hydrogen (secondary N) is 1. The first-order chi connectivity index (χ1) is 17.9. The molecule has 0 spiro atoms.